The van der Waals surface area contributed by atoms with Gasteiger partial charge in [-0.2, -0.15) is 0 Å². The number of nitrogens with two attached hydrogens (primary N) is 1. The molecule has 35 heavy (non-hydrogen) atoms. The van der Waals surface area contributed by atoms with Crippen molar-refractivity contribution in [3.63, 3.8) is 0 Å². The minimum absolute atomic E-state index is 0.0354. The van der Waals surface area contributed by atoms with Crippen molar-refractivity contribution in [1.29, 1.82) is 0 Å². The van der Waals surface area contributed by atoms with Crippen LogP contribution in [-0.2, 0) is 9.59 Å². The van der Waals surface area contributed by atoms with Crippen molar-refractivity contribution >= 4 is 23.5 Å². The molecule has 0 aromatic heterocycles. The molecule has 1 aromatic carbocycles. The largest absolute Gasteiger partial charge is 0.478 e. The van der Waals surface area contributed by atoms with Gasteiger partial charge in [-0.05, 0) is 75.0 Å². The number of carbonyl (C=O) groups excluding carboxylic acids is 2. The average molecular weight is 488 g/mol. The number of aromatic carboxylic acids is 1. The number of hydrogen-bond donors (Lipinski definition) is 3. The van der Waals surface area contributed by atoms with Crippen molar-refractivity contribution in [2.75, 3.05) is 11.9 Å². The van der Waals surface area contributed by atoms with E-state index in [2.05, 4.69) is 5.32 Å². The summed E-state index contributed by atoms with van der Waals surface area (Å²) >= 11 is 0. The van der Waals surface area contributed by atoms with Gasteiger partial charge in [0.05, 0.1) is 11.3 Å². The van der Waals surface area contributed by atoms with Crippen LogP contribution in [0.2, 0.25) is 0 Å². The number of anilines is 1. The van der Waals surface area contributed by atoms with Crippen LogP contribution in [0.15, 0.2) is 18.2 Å². The fraction of sp³-hybridized carbons (Fsp3) is 0.667. The molecule has 2 saturated carbocycles. The third-order valence-electron chi connectivity index (χ3n) is 8.59. The number of benzene rings is 1. The normalized spacial score (nSPS) is 28.5. The van der Waals surface area contributed by atoms with Gasteiger partial charge in [-0.3, -0.25) is 9.59 Å². The van der Waals surface area contributed by atoms with Gasteiger partial charge in [0.2, 0.25) is 11.8 Å². The second kappa shape index (κ2) is 11.1. The van der Waals surface area contributed by atoms with Crippen LogP contribution in [0.3, 0.4) is 0 Å². The van der Waals surface area contributed by atoms with E-state index in [1.165, 1.54) is 18.6 Å². The van der Waals surface area contributed by atoms with E-state index in [-0.39, 0.29) is 40.9 Å². The number of amides is 2. The third-order valence-corrected chi connectivity index (χ3v) is 8.59. The SMILES string of the molecule is CC(N)C1CCC(C(=O)N2CC[C@H](C3CCCCC3)[C@H]2C(=O)Nc2ccc(C(=O)O)cc2F)CC1. The van der Waals surface area contributed by atoms with Crippen molar-refractivity contribution in [1.82, 2.24) is 4.90 Å². The van der Waals surface area contributed by atoms with Crippen molar-refractivity contribution in [2.24, 2.45) is 29.4 Å². The minimum Gasteiger partial charge on any atom is -0.478 e. The topological polar surface area (TPSA) is 113 Å². The number of carboxylic acids is 1. The molecule has 1 heterocycles. The lowest BCUT2D eigenvalue weighted by Crippen LogP contribution is -2.50. The minimum atomic E-state index is -1.23. The molecule has 2 amide bonds. The van der Waals surface area contributed by atoms with Gasteiger partial charge in [-0.1, -0.05) is 32.1 Å². The zero-order chi connectivity index (χ0) is 25.1. The van der Waals surface area contributed by atoms with Crippen LogP contribution in [0.1, 0.15) is 81.5 Å². The first kappa shape index (κ1) is 25.6. The van der Waals surface area contributed by atoms with Crippen LogP contribution in [0.25, 0.3) is 0 Å². The van der Waals surface area contributed by atoms with Crippen molar-refractivity contribution in [3.8, 4) is 0 Å². The monoisotopic (exact) mass is 487 g/mol. The number of carboxylic acid groups (broad SMARTS) is 1. The molecule has 0 radical (unpaired) electrons. The molecule has 2 aliphatic carbocycles. The molecule has 1 aliphatic heterocycles. The van der Waals surface area contributed by atoms with Gasteiger partial charge >= 0.3 is 5.97 Å². The molecule has 0 bridgehead atoms. The van der Waals surface area contributed by atoms with E-state index >= 15 is 0 Å². The third kappa shape index (κ3) is 5.68. The number of carbonyl (C=O) groups is 3. The average Bonchev–Trinajstić information content (AvgIpc) is 3.30. The standard InChI is InChI=1S/C27H38FN3O4/c1-16(29)17-7-9-19(10-8-17)26(33)31-14-13-21(18-5-3-2-4-6-18)24(31)25(32)30-23-12-11-20(27(34)35)15-22(23)28/h11-12,15-19,21,24H,2-10,13-14,29H2,1H3,(H,30,32)(H,34,35)/t16?,17?,19?,21-,24+/m1/s1. The second-order valence-electron chi connectivity index (χ2n) is 10.8. The molecule has 3 atom stereocenters. The Hall–Kier alpha value is -2.48. The summed E-state index contributed by atoms with van der Waals surface area (Å²) in [5, 5.41) is 11.8. The zero-order valence-corrected chi connectivity index (χ0v) is 20.5. The Kier molecular flexibility index (Phi) is 8.09. The van der Waals surface area contributed by atoms with Gasteiger partial charge < -0.3 is 21.1 Å². The maximum Gasteiger partial charge on any atom is 0.335 e. The number of likely N-dealkylation sites (tertiary alicyclic amines) is 1. The van der Waals surface area contributed by atoms with Crippen LogP contribution in [-0.4, -0.2) is 46.4 Å². The van der Waals surface area contributed by atoms with Gasteiger partial charge in [0, 0.05) is 18.5 Å². The molecule has 192 valence electrons. The molecule has 3 aliphatic rings. The molecule has 4 N–H and O–H groups in total. The summed E-state index contributed by atoms with van der Waals surface area (Å²) in [4.78, 5) is 40.1. The molecular weight excluding hydrogens is 449 g/mol. The number of nitrogens with one attached hydrogen (secondary N) is 1. The van der Waals surface area contributed by atoms with E-state index in [0.29, 0.717) is 18.4 Å². The van der Waals surface area contributed by atoms with E-state index in [1.807, 2.05) is 6.92 Å². The Balaban J connectivity index is 1.53. The highest BCUT2D eigenvalue weighted by molar-refractivity contribution is 5.98. The maximum absolute atomic E-state index is 14.6. The lowest BCUT2D eigenvalue weighted by molar-refractivity contribution is -0.142. The summed E-state index contributed by atoms with van der Waals surface area (Å²) in [6.45, 7) is 2.57. The smallest absolute Gasteiger partial charge is 0.335 e. The molecule has 0 spiro atoms. The predicted octanol–water partition coefficient (Wildman–Crippen LogP) is 4.41. The van der Waals surface area contributed by atoms with Gasteiger partial charge in [-0.25, -0.2) is 9.18 Å². The first-order valence-corrected chi connectivity index (χ1v) is 13.2. The molecule has 1 aromatic rings. The summed E-state index contributed by atoms with van der Waals surface area (Å²) in [5.74, 6) is -1.60. The Morgan fingerprint density at radius 1 is 1.06 bits per heavy atom. The van der Waals surface area contributed by atoms with E-state index in [4.69, 9.17) is 10.8 Å². The lowest BCUT2D eigenvalue weighted by atomic mass is 9.76. The molecule has 1 saturated heterocycles. The fourth-order valence-electron chi connectivity index (χ4n) is 6.54. The summed E-state index contributed by atoms with van der Waals surface area (Å²) in [5.41, 5.74) is 5.84. The molecule has 7 nitrogen and oxygen atoms in total. The quantitative estimate of drug-likeness (QED) is 0.550. The molecule has 8 heteroatoms. The van der Waals surface area contributed by atoms with Crippen LogP contribution in [0.4, 0.5) is 10.1 Å². The van der Waals surface area contributed by atoms with Gasteiger partial charge in [0.25, 0.3) is 0 Å². The van der Waals surface area contributed by atoms with Crippen LogP contribution < -0.4 is 11.1 Å². The van der Waals surface area contributed by atoms with E-state index in [9.17, 15) is 18.8 Å². The van der Waals surface area contributed by atoms with Gasteiger partial charge in [0.15, 0.2) is 0 Å². The van der Waals surface area contributed by atoms with E-state index in [1.54, 1.807) is 4.90 Å². The maximum atomic E-state index is 14.6. The fourth-order valence-corrected chi connectivity index (χ4v) is 6.54. The van der Waals surface area contributed by atoms with Gasteiger partial charge in [0.1, 0.15) is 11.9 Å². The summed E-state index contributed by atoms with van der Waals surface area (Å²) < 4.78 is 14.6. The summed E-state index contributed by atoms with van der Waals surface area (Å²) in [7, 11) is 0. The highest BCUT2D eigenvalue weighted by Gasteiger charge is 2.47. The van der Waals surface area contributed by atoms with Crippen molar-refractivity contribution in [3.05, 3.63) is 29.6 Å². The zero-order valence-electron chi connectivity index (χ0n) is 20.5. The van der Waals surface area contributed by atoms with Crippen molar-refractivity contribution < 1.29 is 23.9 Å². The Bertz CT molecular complexity index is 938. The molecule has 3 fully saturated rings. The van der Waals surface area contributed by atoms with E-state index in [0.717, 1.165) is 63.9 Å². The summed E-state index contributed by atoms with van der Waals surface area (Å²) in [6, 6.07) is 2.95. The first-order chi connectivity index (χ1) is 16.8. The first-order valence-electron chi connectivity index (χ1n) is 13.2. The highest BCUT2D eigenvalue weighted by Crippen LogP contribution is 2.41. The Morgan fingerprint density at radius 3 is 2.34 bits per heavy atom. The van der Waals surface area contributed by atoms with Crippen molar-refractivity contribution in [2.45, 2.75) is 83.2 Å². The second-order valence-corrected chi connectivity index (χ2v) is 10.8. The Morgan fingerprint density at radius 2 is 1.74 bits per heavy atom. The molecular formula is C27H38FN3O4. The Labute approximate surface area is 206 Å². The predicted molar refractivity (Wildman–Crippen MR) is 131 cm³/mol. The van der Waals surface area contributed by atoms with E-state index < -0.39 is 17.8 Å². The molecule has 4 rings (SSSR count). The van der Waals surface area contributed by atoms with Crippen LogP contribution in [0.5, 0.6) is 0 Å². The van der Waals surface area contributed by atoms with Crippen LogP contribution in [0, 0.1) is 29.5 Å². The van der Waals surface area contributed by atoms with Crippen LogP contribution >= 0.6 is 0 Å². The number of nitrogens with zero attached hydrogens (tertiary/aromatic N) is 1. The molecule has 1 unspecified atom stereocenters. The lowest BCUT2D eigenvalue weighted by Gasteiger charge is -2.36. The number of halogens is 1. The highest BCUT2D eigenvalue weighted by atomic mass is 19.1. The van der Waals surface area contributed by atoms with Gasteiger partial charge in [-0.15, -0.1) is 0 Å². The summed E-state index contributed by atoms with van der Waals surface area (Å²) in [6.07, 6.45) is 9.78. The number of hydrogen-bond acceptors (Lipinski definition) is 4. The number of rotatable bonds is 6.